The maximum absolute atomic E-state index is 12.5. The van der Waals surface area contributed by atoms with Crippen LogP contribution in [0.25, 0.3) is 0 Å². The number of piperidine rings is 1. The summed E-state index contributed by atoms with van der Waals surface area (Å²) in [5.41, 5.74) is 2.17. The Balaban J connectivity index is 1.47. The maximum atomic E-state index is 12.5. The number of amides is 1. The number of hydrogen-bond acceptors (Lipinski definition) is 4. The SMILES string of the molecule is CCNCC1CCN(C(=O)Cc2csc(Cc3ccccc3)n2)CC1. The van der Waals surface area contributed by atoms with Gasteiger partial charge in [0, 0.05) is 24.9 Å². The van der Waals surface area contributed by atoms with Gasteiger partial charge in [-0.05, 0) is 37.4 Å². The number of thiazole rings is 1. The first-order valence-electron chi connectivity index (χ1n) is 9.20. The molecule has 4 nitrogen and oxygen atoms in total. The van der Waals surface area contributed by atoms with E-state index >= 15 is 0 Å². The van der Waals surface area contributed by atoms with Gasteiger partial charge in [-0.15, -0.1) is 11.3 Å². The average Bonchev–Trinajstić information content (AvgIpc) is 3.08. The molecule has 2 aromatic rings. The molecule has 0 unspecified atom stereocenters. The van der Waals surface area contributed by atoms with E-state index in [1.54, 1.807) is 11.3 Å². The molecule has 0 atom stereocenters. The van der Waals surface area contributed by atoms with Crippen molar-refractivity contribution in [1.82, 2.24) is 15.2 Å². The van der Waals surface area contributed by atoms with Gasteiger partial charge in [0.2, 0.25) is 5.91 Å². The Morgan fingerprint density at radius 2 is 2.04 bits per heavy atom. The predicted molar refractivity (Wildman–Crippen MR) is 103 cm³/mol. The molecule has 25 heavy (non-hydrogen) atoms. The van der Waals surface area contributed by atoms with Crippen molar-refractivity contribution >= 4 is 17.2 Å². The van der Waals surface area contributed by atoms with Gasteiger partial charge in [0.15, 0.2) is 0 Å². The van der Waals surface area contributed by atoms with E-state index in [4.69, 9.17) is 0 Å². The topological polar surface area (TPSA) is 45.2 Å². The molecule has 0 spiro atoms. The molecule has 0 saturated carbocycles. The fourth-order valence-corrected chi connectivity index (χ4v) is 4.11. The van der Waals surface area contributed by atoms with Crippen molar-refractivity contribution in [1.29, 1.82) is 0 Å². The summed E-state index contributed by atoms with van der Waals surface area (Å²) in [6.07, 6.45) is 3.49. The van der Waals surface area contributed by atoms with Gasteiger partial charge in [-0.2, -0.15) is 0 Å². The quantitative estimate of drug-likeness (QED) is 0.828. The number of carbonyl (C=O) groups excluding carboxylic acids is 1. The van der Waals surface area contributed by atoms with Gasteiger partial charge in [-0.1, -0.05) is 37.3 Å². The second-order valence-electron chi connectivity index (χ2n) is 6.70. The molecule has 5 heteroatoms. The molecule has 1 aromatic heterocycles. The molecule has 1 amide bonds. The van der Waals surface area contributed by atoms with E-state index < -0.39 is 0 Å². The first kappa shape index (κ1) is 18.1. The van der Waals surface area contributed by atoms with E-state index in [0.717, 1.165) is 56.1 Å². The highest BCUT2D eigenvalue weighted by atomic mass is 32.1. The minimum Gasteiger partial charge on any atom is -0.342 e. The van der Waals surface area contributed by atoms with Crippen molar-refractivity contribution in [3.8, 4) is 0 Å². The molecule has 2 heterocycles. The average molecular weight is 358 g/mol. The van der Waals surface area contributed by atoms with E-state index in [9.17, 15) is 4.79 Å². The first-order chi connectivity index (χ1) is 12.2. The highest BCUT2D eigenvalue weighted by Crippen LogP contribution is 2.19. The van der Waals surface area contributed by atoms with E-state index in [1.807, 2.05) is 28.5 Å². The number of nitrogens with zero attached hydrogens (tertiary/aromatic N) is 2. The second-order valence-corrected chi connectivity index (χ2v) is 7.65. The minimum atomic E-state index is 0.221. The lowest BCUT2D eigenvalue weighted by Crippen LogP contribution is -2.41. The minimum absolute atomic E-state index is 0.221. The molecule has 1 fully saturated rings. The summed E-state index contributed by atoms with van der Waals surface area (Å²) in [4.78, 5) is 19.2. The standard InChI is InChI=1S/C20H27N3OS/c1-2-21-14-17-8-10-23(11-9-17)20(24)13-18-15-25-19(22-18)12-16-6-4-3-5-7-16/h3-7,15,17,21H,2,8-14H2,1H3. The van der Waals surface area contributed by atoms with E-state index in [2.05, 4.69) is 29.4 Å². The van der Waals surface area contributed by atoms with Crippen molar-refractivity contribution in [2.45, 2.75) is 32.6 Å². The Bertz CT molecular complexity index is 663. The van der Waals surface area contributed by atoms with Gasteiger partial charge in [-0.25, -0.2) is 4.98 Å². The van der Waals surface area contributed by atoms with Crippen LogP contribution in [0, 0.1) is 5.92 Å². The summed E-state index contributed by atoms with van der Waals surface area (Å²) in [6, 6.07) is 10.4. The summed E-state index contributed by atoms with van der Waals surface area (Å²) in [6.45, 7) is 6.01. The first-order valence-corrected chi connectivity index (χ1v) is 10.1. The van der Waals surface area contributed by atoms with E-state index in [1.165, 1.54) is 5.56 Å². The third kappa shape index (κ3) is 5.38. The third-order valence-corrected chi connectivity index (χ3v) is 5.68. The van der Waals surface area contributed by atoms with Crippen LogP contribution in [0.15, 0.2) is 35.7 Å². The van der Waals surface area contributed by atoms with Crippen LogP contribution in [0.5, 0.6) is 0 Å². The molecule has 134 valence electrons. The van der Waals surface area contributed by atoms with Crippen LogP contribution in [0.2, 0.25) is 0 Å². The molecular weight excluding hydrogens is 330 g/mol. The number of aromatic nitrogens is 1. The Morgan fingerprint density at radius 3 is 2.76 bits per heavy atom. The number of hydrogen-bond donors (Lipinski definition) is 1. The molecule has 1 aromatic carbocycles. The Labute approximate surface area is 154 Å². The molecule has 1 aliphatic rings. The van der Waals surface area contributed by atoms with Crippen LogP contribution in [0.4, 0.5) is 0 Å². The normalized spacial score (nSPS) is 15.5. The van der Waals surface area contributed by atoms with Crippen molar-refractivity contribution in [2.24, 2.45) is 5.92 Å². The monoisotopic (exact) mass is 357 g/mol. The fraction of sp³-hybridized carbons (Fsp3) is 0.500. The van der Waals surface area contributed by atoms with Crippen LogP contribution in [0.1, 0.15) is 36.0 Å². The van der Waals surface area contributed by atoms with Crippen LogP contribution >= 0.6 is 11.3 Å². The highest BCUT2D eigenvalue weighted by Gasteiger charge is 2.23. The number of benzene rings is 1. The van der Waals surface area contributed by atoms with Crippen molar-refractivity contribution in [3.05, 3.63) is 52.0 Å². The molecule has 0 radical (unpaired) electrons. The summed E-state index contributed by atoms with van der Waals surface area (Å²) in [7, 11) is 0. The molecule has 0 bridgehead atoms. The summed E-state index contributed by atoms with van der Waals surface area (Å²) in [5, 5.41) is 6.53. The number of nitrogens with one attached hydrogen (secondary N) is 1. The Hall–Kier alpha value is -1.72. The fourth-order valence-electron chi connectivity index (χ4n) is 3.28. The zero-order chi connectivity index (χ0) is 17.5. The zero-order valence-corrected chi connectivity index (χ0v) is 15.7. The Morgan fingerprint density at radius 1 is 1.28 bits per heavy atom. The van der Waals surface area contributed by atoms with Gasteiger partial charge in [-0.3, -0.25) is 4.79 Å². The number of carbonyl (C=O) groups is 1. The molecule has 3 rings (SSSR count). The lowest BCUT2D eigenvalue weighted by atomic mass is 9.96. The van der Waals surface area contributed by atoms with Gasteiger partial charge >= 0.3 is 0 Å². The van der Waals surface area contributed by atoms with E-state index in [-0.39, 0.29) is 5.91 Å². The number of likely N-dealkylation sites (tertiary alicyclic amines) is 1. The van der Waals surface area contributed by atoms with Crippen LogP contribution in [0.3, 0.4) is 0 Å². The number of rotatable bonds is 7. The predicted octanol–water partition coefficient (Wildman–Crippen LogP) is 3.12. The molecule has 1 N–H and O–H groups in total. The van der Waals surface area contributed by atoms with Gasteiger partial charge < -0.3 is 10.2 Å². The highest BCUT2D eigenvalue weighted by molar-refractivity contribution is 7.09. The largest absolute Gasteiger partial charge is 0.342 e. The lowest BCUT2D eigenvalue weighted by Gasteiger charge is -2.32. The summed E-state index contributed by atoms with van der Waals surface area (Å²) < 4.78 is 0. The van der Waals surface area contributed by atoms with Crippen molar-refractivity contribution in [2.75, 3.05) is 26.2 Å². The van der Waals surface area contributed by atoms with E-state index in [0.29, 0.717) is 12.3 Å². The van der Waals surface area contributed by atoms with Crippen molar-refractivity contribution < 1.29 is 4.79 Å². The third-order valence-electron chi connectivity index (χ3n) is 4.78. The summed E-state index contributed by atoms with van der Waals surface area (Å²) >= 11 is 1.65. The lowest BCUT2D eigenvalue weighted by molar-refractivity contribution is -0.131. The van der Waals surface area contributed by atoms with Gasteiger partial charge in [0.05, 0.1) is 17.1 Å². The van der Waals surface area contributed by atoms with Crippen LogP contribution in [-0.2, 0) is 17.6 Å². The molecule has 1 aliphatic heterocycles. The van der Waals surface area contributed by atoms with Gasteiger partial charge in [0.25, 0.3) is 0 Å². The molecular formula is C20H27N3OS. The van der Waals surface area contributed by atoms with Crippen LogP contribution in [-0.4, -0.2) is 42.0 Å². The molecule has 0 aliphatic carbocycles. The van der Waals surface area contributed by atoms with Crippen LogP contribution < -0.4 is 5.32 Å². The Kier molecular flexibility index (Phi) is 6.59. The summed E-state index contributed by atoms with van der Waals surface area (Å²) in [5.74, 6) is 0.930. The smallest absolute Gasteiger partial charge is 0.228 e. The maximum Gasteiger partial charge on any atom is 0.228 e. The second kappa shape index (κ2) is 9.11. The van der Waals surface area contributed by atoms with Crippen molar-refractivity contribution in [3.63, 3.8) is 0 Å². The molecule has 1 saturated heterocycles. The zero-order valence-electron chi connectivity index (χ0n) is 14.9. The van der Waals surface area contributed by atoms with Gasteiger partial charge in [0.1, 0.15) is 0 Å².